The van der Waals surface area contributed by atoms with Crippen molar-refractivity contribution >= 4 is 12.2 Å². The Balaban J connectivity index is 1.55. The third kappa shape index (κ3) is 2.98. The molecule has 0 spiro atoms. The number of hydrogen-bond acceptors (Lipinski definition) is 6. The summed E-state index contributed by atoms with van der Waals surface area (Å²) in [6.45, 7) is 0. The van der Waals surface area contributed by atoms with E-state index in [9.17, 15) is 0 Å². The van der Waals surface area contributed by atoms with E-state index in [0.717, 1.165) is 11.1 Å². The predicted molar refractivity (Wildman–Crippen MR) is 88.4 cm³/mol. The minimum atomic E-state index is 0.192. The maximum absolute atomic E-state index is 5.54. The summed E-state index contributed by atoms with van der Waals surface area (Å²) in [5.74, 6) is 1.23. The van der Waals surface area contributed by atoms with Crippen LogP contribution in [-0.2, 0) is 0 Å². The van der Waals surface area contributed by atoms with Crippen LogP contribution in [0, 0.1) is 0 Å². The molecule has 6 nitrogen and oxygen atoms in total. The Hall–Kier alpha value is -3.54. The molecule has 0 saturated carbocycles. The third-order valence-corrected chi connectivity index (χ3v) is 3.30. The van der Waals surface area contributed by atoms with E-state index < -0.39 is 0 Å². The van der Waals surface area contributed by atoms with Gasteiger partial charge in [-0.1, -0.05) is 65.8 Å². The van der Waals surface area contributed by atoms with E-state index in [1.54, 1.807) is 6.08 Å². The molecule has 2 heterocycles. The van der Waals surface area contributed by atoms with Crippen molar-refractivity contribution < 1.29 is 8.94 Å². The summed E-state index contributed by atoms with van der Waals surface area (Å²) in [4.78, 5) is 4.28. The molecule has 0 aliphatic carbocycles. The van der Waals surface area contributed by atoms with Gasteiger partial charge in [-0.25, -0.2) is 0 Å². The van der Waals surface area contributed by atoms with E-state index in [4.69, 9.17) is 8.94 Å². The normalized spacial score (nSPS) is 11.2. The molecule has 0 fully saturated rings. The van der Waals surface area contributed by atoms with Crippen LogP contribution < -0.4 is 0 Å². The van der Waals surface area contributed by atoms with Gasteiger partial charge in [0, 0.05) is 11.6 Å². The molecule has 0 saturated heterocycles. The van der Waals surface area contributed by atoms with Gasteiger partial charge in [-0.3, -0.25) is 0 Å². The second-order valence-corrected chi connectivity index (χ2v) is 4.98. The van der Waals surface area contributed by atoms with E-state index in [1.807, 2.05) is 66.7 Å². The first-order chi connectivity index (χ1) is 11.9. The van der Waals surface area contributed by atoms with Crippen LogP contribution in [0.4, 0.5) is 0 Å². The fraction of sp³-hybridized carbons (Fsp3) is 0. The van der Waals surface area contributed by atoms with Gasteiger partial charge in [-0.2, -0.15) is 4.98 Å². The summed E-state index contributed by atoms with van der Waals surface area (Å²) in [5.41, 5.74) is 1.90. The van der Waals surface area contributed by atoms with Gasteiger partial charge in [0.1, 0.15) is 0 Å². The van der Waals surface area contributed by atoms with Gasteiger partial charge in [0.25, 0.3) is 0 Å². The largest absolute Gasteiger partial charge is 0.413 e. The molecule has 0 bridgehead atoms. The first-order valence-electron chi connectivity index (χ1n) is 7.35. The van der Waals surface area contributed by atoms with Gasteiger partial charge in [0.15, 0.2) is 0 Å². The zero-order valence-corrected chi connectivity index (χ0v) is 12.5. The average molecular weight is 316 g/mol. The number of rotatable bonds is 4. The molecule has 0 aliphatic heterocycles. The van der Waals surface area contributed by atoms with E-state index >= 15 is 0 Å². The van der Waals surface area contributed by atoms with Crippen LogP contribution in [0.15, 0.2) is 69.6 Å². The lowest BCUT2D eigenvalue weighted by molar-refractivity contribution is 0.413. The van der Waals surface area contributed by atoms with Crippen molar-refractivity contribution in [1.29, 1.82) is 0 Å². The van der Waals surface area contributed by atoms with Crippen LogP contribution >= 0.6 is 0 Å². The highest BCUT2D eigenvalue weighted by molar-refractivity contribution is 5.66. The molecule has 4 aromatic rings. The molecule has 0 amide bonds. The molecule has 2 aromatic carbocycles. The van der Waals surface area contributed by atoms with Gasteiger partial charge in [0.2, 0.25) is 11.7 Å². The van der Waals surface area contributed by atoms with Crippen molar-refractivity contribution in [3.63, 3.8) is 0 Å². The molecule has 0 unspecified atom stereocenters. The number of benzene rings is 2. The van der Waals surface area contributed by atoms with Gasteiger partial charge in [-0.15, -0.1) is 10.2 Å². The second-order valence-electron chi connectivity index (χ2n) is 4.98. The lowest BCUT2D eigenvalue weighted by atomic mass is 10.2. The van der Waals surface area contributed by atoms with Crippen molar-refractivity contribution in [3.05, 3.63) is 72.1 Å². The molecule has 116 valence electrons. The van der Waals surface area contributed by atoms with Crippen LogP contribution in [0.3, 0.4) is 0 Å². The average Bonchev–Trinajstić information content (AvgIpc) is 3.31. The molecule has 4 rings (SSSR count). The molecule has 0 aliphatic rings. The molecule has 0 radical (unpaired) electrons. The first kappa shape index (κ1) is 14.1. The topological polar surface area (TPSA) is 77.8 Å². The van der Waals surface area contributed by atoms with Crippen molar-refractivity contribution in [2.75, 3.05) is 0 Å². The van der Waals surface area contributed by atoms with Crippen molar-refractivity contribution in [2.24, 2.45) is 0 Å². The Morgan fingerprint density at radius 1 is 0.750 bits per heavy atom. The SMILES string of the molecule is C(=C\c1nnc(-c2nc(-c3ccccc3)no2)o1)/c1ccccc1. The molecular weight excluding hydrogens is 304 g/mol. The van der Waals surface area contributed by atoms with Crippen LogP contribution in [0.5, 0.6) is 0 Å². The Kier molecular flexibility index (Phi) is 3.69. The molecule has 0 atom stereocenters. The summed E-state index contributed by atoms with van der Waals surface area (Å²) < 4.78 is 10.7. The summed E-state index contributed by atoms with van der Waals surface area (Å²) in [6.07, 6.45) is 3.63. The molecular formula is C18H12N4O2. The van der Waals surface area contributed by atoms with Gasteiger partial charge in [0.05, 0.1) is 0 Å². The highest BCUT2D eigenvalue weighted by atomic mass is 16.5. The highest BCUT2D eigenvalue weighted by Crippen LogP contribution is 2.21. The fourth-order valence-electron chi connectivity index (χ4n) is 2.13. The van der Waals surface area contributed by atoms with Gasteiger partial charge in [-0.05, 0) is 11.6 Å². The Labute approximate surface area is 137 Å². The van der Waals surface area contributed by atoms with Crippen LogP contribution in [0.1, 0.15) is 11.5 Å². The zero-order valence-electron chi connectivity index (χ0n) is 12.5. The Bertz CT molecular complexity index is 959. The fourth-order valence-corrected chi connectivity index (χ4v) is 2.13. The number of hydrogen-bond donors (Lipinski definition) is 0. The predicted octanol–water partition coefficient (Wildman–Crippen LogP) is 3.96. The van der Waals surface area contributed by atoms with Crippen molar-refractivity contribution in [1.82, 2.24) is 20.3 Å². The number of aromatic nitrogens is 4. The summed E-state index contributed by atoms with van der Waals surface area (Å²) in [7, 11) is 0. The maximum Gasteiger partial charge on any atom is 0.315 e. The lowest BCUT2D eigenvalue weighted by Crippen LogP contribution is -1.80. The van der Waals surface area contributed by atoms with E-state index in [0.29, 0.717) is 11.7 Å². The van der Waals surface area contributed by atoms with Crippen LogP contribution in [0.2, 0.25) is 0 Å². The Morgan fingerprint density at radius 3 is 2.29 bits per heavy atom. The van der Waals surface area contributed by atoms with Crippen LogP contribution in [-0.4, -0.2) is 20.3 Å². The molecule has 6 heteroatoms. The van der Waals surface area contributed by atoms with E-state index in [2.05, 4.69) is 20.3 Å². The quantitative estimate of drug-likeness (QED) is 0.567. The highest BCUT2D eigenvalue weighted by Gasteiger charge is 2.16. The number of nitrogens with zero attached hydrogens (tertiary/aromatic N) is 4. The molecule has 24 heavy (non-hydrogen) atoms. The first-order valence-corrected chi connectivity index (χ1v) is 7.35. The standard InChI is InChI=1S/C18H12N4O2/c1-3-7-13(8-4-1)11-12-15-20-21-18(23-15)17-19-16(22-24-17)14-9-5-2-6-10-14/h1-12H/b12-11+. The molecule has 0 N–H and O–H groups in total. The zero-order chi connectivity index (χ0) is 16.2. The third-order valence-electron chi connectivity index (χ3n) is 3.30. The minimum Gasteiger partial charge on any atom is -0.413 e. The van der Waals surface area contributed by atoms with E-state index in [1.165, 1.54) is 0 Å². The van der Waals surface area contributed by atoms with E-state index in [-0.39, 0.29) is 11.8 Å². The monoisotopic (exact) mass is 316 g/mol. The summed E-state index contributed by atoms with van der Waals surface area (Å²) in [6, 6.07) is 19.4. The van der Waals surface area contributed by atoms with Gasteiger partial charge >= 0.3 is 11.8 Å². The maximum atomic E-state index is 5.54. The molecule has 2 aromatic heterocycles. The summed E-state index contributed by atoms with van der Waals surface area (Å²) in [5, 5.41) is 11.8. The van der Waals surface area contributed by atoms with Crippen molar-refractivity contribution in [3.8, 4) is 23.2 Å². The smallest absolute Gasteiger partial charge is 0.315 e. The van der Waals surface area contributed by atoms with Gasteiger partial charge < -0.3 is 8.94 Å². The Morgan fingerprint density at radius 2 is 1.50 bits per heavy atom. The lowest BCUT2D eigenvalue weighted by Gasteiger charge is -1.90. The minimum absolute atomic E-state index is 0.192. The van der Waals surface area contributed by atoms with Crippen molar-refractivity contribution in [2.45, 2.75) is 0 Å². The van der Waals surface area contributed by atoms with Crippen LogP contribution in [0.25, 0.3) is 35.3 Å². The second kappa shape index (κ2) is 6.29. The summed E-state index contributed by atoms with van der Waals surface area (Å²) >= 11 is 0.